The van der Waals surface area contributed by atoms with Crippen LogP contribution in [0.15, 0.2) is 48.5 Å². The van der Waals surface area contributed by atoms with E-state index in [1.165, 1.54) is 18.2 Å². The maximum Gasteiger partial charge on any atom is 0.251 e. The topological polar surface area (TPSA) is 87.7 Å². The molecular formula is C30H39FN2O4. The molecule has 4 atom stereocenters. The van der Waals surface area contributed by atoms with Gasteiger partial charge in [-0.15, -0.1) is 0 Å². The summed E-state index contributed by atoms with van der Waals surface area (Å²) in [5.41, 5.74) is 0.0390. The lowest BCUT2D eigenvalue weighted by Crippen LogP contribution is -2.52. The Balaban J connectivity index is 1.50. The molecule has 0 aliphatic heterocycles. The number of methoxy groups -OCH3 is 1. The van der Waals surface area contributed by atoms with Gasteiger partial charge >= 0.3 is 0 Å². The fraction of sp³-hybridized carbons (Fsp3) is 0.533. The van der Waals surface area contributed by atoms with E-state index in [4.69, 9.17) is 4.74 Å². The standard InChI is InChI=1S/C30H39FN2O4/c1-28(2)18-25(33-27(35)21-6-5-7-22(31)16-21)30(15-14-29(3,36)17-24(28)30)13-12-26(34)32-19-20-8-10-23(37-4)11-9-20/h5-11,16,24-25,36H,12-15,17-19H2,1-4H3,(H,32,34)(H,33,35)/t24-,25-,29+,30+/m0/s1. The number of carbonyl (C=O) groups is 2. The van der Waals surface area contributed by atoms with Crippen LogP contribution in [0.3, 0.4) is 0 Å². The normalized spacial score (nSPS) is 28.3. The maximum atomic E-state index is 13.8. The Kier molecular flexibility index (Phi) is 7.65. The van der Waals surface area contributed by atoms with E-state index in [1.807, 2.05) is 31.2 Å². The first-order valence-corrected chi connectivity index (χ1v) is 13.1. The SMILES string of the molecule is COc1ccc(CNC(=O)CC[C@@]23CC[C@@](C)(O)C[C@H]2C(C)(C)C[C@@H]3NC(=O)c2cccc(F)c2)cc1. The summed E-state index contributed by atoms with van der Waals surface area (Å²) < 4.78 is 19.0. The second kappa shape index (κ2) is 10.4. The van der Waals surface area contributed by atoms with Crippen molar-refractivity contribution in [3.8, 4) is 5.75 Å². The highest BCUT2D eigenvalue weighted by molar-refractivity contribution is 5.94. The Hall–Kier alpha value is -2.93. The summed E-state index contributed by atoms with van der Waals surface area (Å²) in [4.78, 5) is 26.1. The number of carbonyl (C=O) groups excluding carboxylic acids is 2. The van der Waals surface area contributed by atoms with Gasteiger partial charge in [0.15, 0.2) is 0 Å². The molecular weight excluding hydrogens is 471 g/mol. The number of nitrogens with one attached hydrogen (secondary N) is 2. The van der Waals surface area contributed by atoms with Gasteiger partial charge in [0.05, 0.1) is 12.7 Å². The summed E-state index contributed by atoms with van der Waals surface area (Å²) in [6.07, 6.45) is 3.63. The zero-order valence-electron chi connectivity index (χ0n) is 22.3. The van der Waals surface area contributed by atoms with Crippen LogP contribution in [0.25, 0.3) is 0 Å². The van der Waals surface area contributed by atoms with E-state index in [2.05, 4.69) is 24.5 Å². The van der Waals surface area contributed by atoms with Gasteiger partial charge in [-0.3, -0.25) is 9.59 Å². The molecule has 200 valence electrons. The molecule has 6 nitrogen and oxygen atoms in total. The van der Waals surface area contributed by atoms with Crippen molar-refractivity contribution >= 4 is 11.8 Å². The molecule has 0 radical (unpaired) electrons. The van der Waals surface area contributed by atoms with Crippen LogP contribution >= 0.6 is 0 Å². The predicted octanol–water partition coefficient (Wildman–Crippen LogP) is 5.00. The minimum absolute atomic E-state index is 0.0406. The average molecular weight is 511 g/mol. The number of hydrogen-bond donors (Lipinski definition) is 3. The second-order valence-electron chi connectivity index (χ2n) is 11.8. The molecule has 2 aliphatic carbocycles. The molecule has 7 heteroatoms. The largest absolute Gasteiger partial charge is 0.497 e. The number of amides is 2. The lowest BCUT2D eigenvalue weighted by molar-refractivity contribution is -0.123. The fourth-order valence-electron chi connectivity index (χ4n) is 6.68. The molecule has 37 heavy (non-hydrogen) atoms. The number of rotatable bonds is 8. The van der Waals surface area contributed by atoms with Gasteiger partial charge in [-0.1, -0.05) is 32.0 Å². The molecule has 0 unspecified atom stereocenters. The Morgan fingerprint density at radius 1 is 1.08 bits per heavy atom. The number of ether oxygens (including phenoxy) is 1. The van der Waals surface area contributed by atoms with E-state index in [-0.39, 0.29) is 40.2 Å². The van der Waals surface area contributed by atoms with Gasteiger partial charge in [-0.25, -0.2) is 4.39 Å². The van der Waals surface area contributed by atoms with Gasteiger partial charge in [0.25, 0.3) is 5.91 Å². The van der Waals surface area contributed by atoms with Crippen molar-refractivity contribution in [1.29, 1.82) is 0 Å². The summed E-state index contributed by atoms with van der Waals surface area (Å²) in [6, 6.07) is 13.1. The van der Waals surface area contributed by atoms with Crippen LogP contribution in [0.2, 0.25) is 0 Å². The Bertz CT molecular complexity index is 1130. The minimum Gasteiger partial charge on any atom is -0.497 e. The first-order chi connectivity index (χ1) is 17.4. The van der Waals surface area contributed by atoms with Gasteiger partial charge < -0.3 is 20.5 Å². The smallest absolute Gasteiger partial charge is 0.251 e. The molecule has 2 aromatic carbocycles. The van der Waals surface area contributed by atoms with Gasteiger partial charge in [0.1, 0.15) is 11.6 Å². The summed E-state index contributed by atoms with van der Waals surface area (Å²) in [6.45, 7) is 6.68. The minimum atomic E-state index is -0.774. The van der Waals surface area contributed by atoms with Gasteiger partial charge in [0.2, 0.25) is 5.91 Å². The van der Waals surface area contributed by atoms with Crippen LogP contribution in [0, 0.1) is 22.6 Å². The number of fused-ring (bicyclic) bond motifs is 1. The van der Waals surface area contributed by atoms with E-state index in [0.717, 1.165) is 17.7 Å². The zero-order valence-corrected chi connectivity index (χ0v) is 22.3. The van der Waals surface area contributed by atoms with E-state index < -0.39 is 11.4 Å². The quantitative estimate of drug-likeness (QED) is 0.467. The summed E-state index contributed by atoms with van der Waals surface area (Å²) in [7, 11) is 1.62. The number of halogens is 1. The molecule has 2 aliphatic rings. The molecule has 0 aromatic heterocycles. The summed E-state index contributed by atoms with van der Waals surface area (Å²) in [5, 5.41) is 17.2. The monoisotopic (exact) mass is 510 g/mol. The van der Waals surface area contributed by atoms with Crippen LogP contribution in [-0.4, -0.2) is 35.7 Å². The first kappa shape index (κ1) is 27.1. The van der Waals surface area contributed by atoms with Crippen LogP contribution in [0.1, 0.15) is 75.2 Å². The van der Waals surface area contributed by atoms with E-state index in [0.29, 0.717) is 38.6 Å². The van der Waals surface area contributed by atoms with E-state index in [1.54, 1.807) is 13.2 Å². The zero-order chi connectivity index (χ0) is 26.8. The lowest BCUT2D eigenvalue weighted by atomic mass is 9.57. The lowest BCUT2D eigenvalue weighted by Gasteiger charge is -2.50. The van der Waals surface area contributed by atoms with Crippen LogP contribution in [0.5, 0.6) is 5.75 Å². The summed E-state index contributed by atoms with van der Waals surface area (Å²) in [5.74, 6) is 0.108. The highest BCUT2D eigenvalue weighted by Gasteiger charge is 2.61. The van der Waals surface area contributed by atoms with Crippen molar-refractivity contribution in [2.75, 3.05) is 7.11 Å². The van der Waals surface area contributed by atoms with Crippen molar-refractivity contribution in [2.45, 2.75) is 77.5 Å². The average Bonchev–Trinajstić information content (AvgIpc) is 3.07. The Morgan fingerprint density at radius 3 is 2.49 bits per heavy atom. The van der Waals surface area contributed by atoms with Crippen LogP contribution in [-0.2, 0) is 11.3 Å². The second-order valence-corrected chi connectivity index (χ2v) is 11.8. The third-order valence-corrected chi connectivity index (χ3v) is 8.69. The molecule has 0 saturated heterocycles. The molecule has 2 aromatic rings. The van der Waals surface area contributed by atoms with E-state index in [9.17, 15) is 19.1 Å². The molecule has 2 amide bonds. The third kappa shape index (κ3) is 5.98. The third-order valence-electron chi connectivity index (χ3n) is 8.69. The van der Waals surface area contributed by atoms with Crippen LogP contribution < -0.4 is 15.4 Å². The van der Waals surface area contributed by atoms with Crippen LogP contribution in [0.4, 0.5) is 4.39 Å². The molecule has 4 rings (SSSR count). The molecule has 2 fully saturated rings. The Labute approximate surface area is 219 Å². The number of hydrogen-bond acceptors (Lipinski definition) is 4. The van der Waals surface area contributed by atoms with Gasteiger partial charge in [0, 0.05) is 24.6 Å². The van der Waals surface area contributed by atoms with Crippen molar-refractivity contribution in [3.63, 3.8) is 0 Å². The summed E-state index contributed by atoms with van der Waals surface area (Å²) >= 11 is 0. The van der Waals surface area contributed by atoms with Crippen molar-refractivity contribution in [2.24, 2.45) is 16.7 Å². The molecule has 0 heterocycles. The van der Waals surface area contributed by atoms with Crippen molar-refractivity contribution in [1.82, 2.24) is 10.6 Å². The molecule has 2 saturated carbocycles. The maximum absolute atomic E-state index is 13.8. The van der Waals surface area contributed by atoms with E-state index >= 15 is 0 Å². The van der Waals surface area contributed by atoms with Crippen molar-refractivity contribution in [3.05, 3.63) is 65.5 Å². The number of benzene rings is 2. The van der Waals surface area contributed by atoms with Gasteiger partial charge in [-0.2, -0.15) is 0 Å². The first-order valence-electron chi connectivity index (χ1n) is 13.1. The molecule has 0 spiro atoms. The fourth-order valence-corrected chi connectivity index (χ4v) is 6.68. The number of aliphatic hydroxyl groups is 1. The predicted molar refractivity (Wildman–Crippen MR) is 141 cm³/mol. The highest BCUT2D eigenvalue weighted by atomic mass is 19.1. The Morgan fingerprint density at radius 2 is 1.81 bits per heavy atom. The highest BCUT2D eigenvalue weighted by Crippen LogP contribution is 2.63. The molecule has 3 N–H and O–H groups in total. The van der Waals surface area contributed by atoms with Crippen molar-refractivity contribution < 1.29 is 23.8 Å². The van der Waals surface area contributed by atoms with Gasteiger partial charge in [-0.05, 0) is 91.7 Å². The molecule has 0 bridgehead atoms.